The fourth-order valence-electron chi connectivity index (χ4n) is 2.04. The third-order valence-corrected chi connectivity index (χ3v) is 2.73. The number of ether oxygens (including phenoxy) is 1. The summed E-state index contributed by atoms with van der Waals surface area (Å²) in [6, 6.07) is 0. The van der Waals surface area contributed by atoms with Crippen molar-refractivity contribution >= 4 is 0 Å². The van der Waals surface area contributed by atoms with Crippen molar-refractivity contribution < 1.29 is 23.0 Å². The minimum absolute atomic E-state index is 0.0297. The lowest BCUT2D eigenvalue weighted by Gasteiger charge is -2.20. The molecule has 6 heteroatoms. The second kappa shape index (κ2) is 5.14. The molecule has 0 aliphatic carbocycles. The van der Waals surface area contributed by atoms with Crippen LogP contribution in [0.15, 0.2) is 0 Å². The Balaban J connectivity index is 2.59. The van der Waals surface area contributed by atoms with Crippen molar-refractivity contribution in [3.05, 3.63) is 0 Å². The Morgan fingerprint density at radius 2 is 2.07 bits per heavy atom. The van der Waals surface area contributed by atoms with Gasteiger partial charge in [0.05, 0.1) is 19.1 Å². The van der Waals surface area contributed by atoms with E-state index in [1.807, 2.05) is 0 Å². The van der Waals surface area contributed by atoms with Crippen LogP contribution in [-0.2, 0) is 4.74 Å². The largest absolute Gasteiger partial charge is 0.395 e. The SMILES string of the molecule is COC[C@H]1CN(CCO)C[C@H]1C(F)(F)F. The molecule has 0 unspecified atom stereocenters. The van der Waals surface area contributed by atoms with Crippen LogP contribution in [0.4, 0.5) is 13.2 Å². The topological polar surface area (TPSA) is 32.7 Å². The molecule has 0 bridgehead atoms. The number of hydrogen-bond acceptors (Lipinski definition) is 3. The summed E-state index contributed by atoms with van der Waals surface area (Å²) in [5.74, 6) is -1.84. The maximum absolute atomic E-state index is 12.6. The van der Waals surface area contributed by atoms with E-state index in [-0.39, 0.29) is 19.8 Å². The van der Waals surface area contributed by atoms with E-state index in [0.717, 1.165) is 0 Å². The van der Waals surface area contributed by atoms with Gasteiger partial charge in [-0.05, 0) is 0 Å². The highest BCUT2D eigenvalue weighted by Crippen LogP contribution is 2.37. The summed E-state index contributed by atoms with van der Waals surface area (Å²) in [6.07, 6.45) is -4.17. The zero-order valence-electron chi connectivity index (χ0n) is 8.63. The van der Waals surface area contributed by atoms with Crippen LogP contribution in [0.3, 0.4) is 0 Å². The van der Waals surface area contributed by atoms with Gasteiger partial charge >= 0.3 is 6.18 Å². The van der Waals surface area contributed by atoms with Crippen molar-refractivity contribution in [1.29, 1.82) is 0 Å². The monoisotopic (exact) mass is 227 g/mol. The molecule has 0 radical (unpaired) electrons. The molecule has 3 nitrogen and oxygen atoms in total. The van der Waals surface area contributed by atoms with Gasteiger partial charge in [-0.25, -0.2) is 0 Å². The molecule has 0 saturated carbocycles. The molecule has 2 atom stereocenters. The zero-order valence-corrected chi connectivity index (χ0v) is 8.63. The highest BCUT2D eigenvalue weighted by molar-refractivity contribution is 4.87. The van der Waals surface area contributed by atoms with Crippen LogP contribution in [0.5, 0.6) is 0 Å². The standard InChI is InChI=1S/C9H16F3NO2/c1-15-6-7-4-13(2-3-14)5-8(7)9(10,11)12/h7-8,14H,2-6H2,1H3/t7-,8-/m1/s1. The van der Waals surface area contributed by atoms with E-state index in [1.54, 1.807) is 4.90 Å². The van der Waals surface area contributed by atoms with E-state index < -0.39 is 18.0 Å². The van der Waals surface area contributed by atoms with Crippen molar-refractivity contribution in [3.8, 4) is 0 Å². The van der Waals surface area contributed by atoms with Crippen LogP contribution >= 0.6 is 0 Å². The van der Waals surface area contributed by atoms with Crippen LogP contribution < -0.4 is 0 Å². The lowest BCUT2D eigenvalue weighted by molar-refractivity contribution is -0.183. The highest BCUT2D eigenvalue weighted by Gasteiger charge is 2.49. The smallest absolute Gasteiger partial charge is 0.393 e. The molecule has 1 heterocycles. The number of nitrogens with zero attached hydrogens (tertiary/aromatic N) is 1. The van der Waals surface area contributed by atoms with Crippen LogP contribution in [-0.4, -0.2) is 56.1 Å². The molecule has 1 N–H and O–H groups in total. The number of rotatable bonds is 4. The number of methoxy groups -OCH3 is 1. The molecule has 0 aromatic rings. The lowest BCUT2D eigenvalue weighted by Crippen LogP contribution is -2.32. The van der Waals surface area contributed by atoms with Gasteiger partial charge in [0.1, 0.15) is 0 Å². The summed E-state index contributed by atoms with van der Waals surface area (Å²) < 4.78 is 42.6. The fraction of sp³-hybridized carbons (Fsp3) is 1.00. The van der Waals surface area contributed by atoms with Gasteiger partial charge in [0.2, 0.25) is 0 Å². The minimum Gasteiger partial charge on any atom is -0.395 e. The molecular formula is C9H16F3NO2. The summed E-state index contributed by atoms with van der Waals surface area (Å²) in [5, 5.41) is 8.68. The van der Waals surface area contributed by atoms with Crippen molar-refractivity contribution in [3.63, 3.8) is 0 Å². The summed E-state index contributed by atoms with van der Waals surface area (Å²) in [4.78, 5) is 1.63. The molecule has 0 aromatic carbocycles. The normalized spacial score (nSPS) is 28.6. The van der Waals surface area contributed by atoms with Crippen molar-refractivity contribution in [2.75, 3.05) is 40.0 Å². The minimum atomic E-state index is -4.17. The zero-order chi connectivity index (χ0) is 11.5. The number of aliphatic hydroxyl groups excluding tert-OH is 1. The van der Waals surface area contributed by atoms with Crippen molar-refractivity contribution in [1.82, 2.24) is 4.90 Å². The molecule has 1 rings (SSSR count). The van der Waals surface area contributed by atoms with E-state index >= 15 is 0 Å². The van der Waals surface area contributed by atoms with E-state index in [2.05, 4.69) is 0 Å². The predicted molar refractivity (Wildman–Crippen MR) is 48.4 cm³/mol. The Morgan fingerprint density at radius 3 is 2.53 bits per heavy atom. The first-order valence-electron chi connectivity index (χ1n) is 4.88. The van der Waals surface area contributed by atoms with Gasteiger partial charge in [-0.3, -0.25) is 0 Å². The van der Waals surface area contributed by atoms with Crippen LogP contribution in [0, 0.1) is 11.8 Å². The Morgan fingerprint density at radius 1 is 1.40 bits per heavy atom. The second-order valence-corrected chi connectivity index (χ2v) is 3.85. The number of β-amino-alcohol motifs (C(OH)–C–C–N with tert-alkyl or cyclic N) is 1. The number of hydrogen-bond donors (Lipinski definition) is 1. The van der Waals surface area contributed by atoms with Crippen molar-refractivity contribution in [2.45, 2.75) is 6.18 Å². The van der Waals surface area contributed by atoms with Gasteiger partial charge < -0.3 is 14.7 Å². The maximum Gasteiger partial charge on any atom is 0.393 e. The third kappa shape index (κ3) is 3.32. The molecular weight excluding hydrogens is 211 g/mol. The molecule has 15 heavy (non-hydrogen) atoms. The van der Waals surface area contributed by atoms with Gasteiger partial charge in [-0.15, -0.1) is 0 Å². The molecule has 90 valence electrons. The summed E-state index contributed by atoms with van der Waals surface area (Å²) in [5.41, 5.74) is 0. The van der Waals surface area contributed by atoms with Crippen LogP contribution in [0.25, 0.3) is 0 Å². The first kappa shape index (κ1) is 12.7. The first-order valence-corrected chi connectivity index (χ1v) is 4.88. The van der Waals surface area contributed by atoms with Gasteiger partial charge in [0, 0.05) is 32.7 Å². The molecule has 1 fully saturated rings. The lowest BCUT2D eigenvalue weighted by atomic mass is 9.96. The molecule has 0 amide bonds. The van der Waals surface area contributed by atoms with Gasteiger partial charge in [-0.1, -0.05) is 0 Å². The number of halogens is 3. The number of likely N-dealkylation sites (tertiary alicyclic amines) is 1. The number of aliphatic hydroxyl groups is 1. The average molecular weight is 227 g/mol. The molecule has 0 spiro atoms. The van der Waals surface area contributed by atoms with Gasteiger partial charge in [0.25, 0.3) is 0 Å². The number of alkyl halides is 3. The molecule has 1 saturated heterocycles. The Kier molecular flexibility index (Phi) is 4.36. The summed E-state index contributed by atoms with van der Waals surface area (Å²) in [6.45, 7) is 0.625. The van der Waals surface area contributed by atoms with Crippen LogP contribution in [0.2, 0.25) is 0 Å². The Hall–Kier alpha value is -0.330. The van der Waals surface area contributed by atoms with Crippen LogP contribution in [0.1, 0.15) is 0 Å². The highest BCUT2D eigenvalue weighted by atomic mass is 19.4. The van der Waals surface area contributed by atoms with Gasteiger partial charge in [0.15, 0.2) is 0 Å². The van der Waals surface area contributed by atoms with E-state index in [9.17, 15) is 13.2 Å². The Bertz CT molecular complexity index is 198. The fourth-order valence-corrected chi connectivity index (χ4v) is 2.04. The van der Waals surface area contributed by atoms with E-state index in [0.29, 0.717) is 13.1 Å². The molecule has 1 aliphatic heterocycles. The summed E-state index contributed by atoms with van der Waals surface area (Å²) in [7, 11) is 1.40. The molecule has 1 aliphatic rings. The maximum atomic E-state index is 12.6. The average Bonchev–Trinajstić information content (AvgIpc) is 2.49. The van der Waals surface area contributed by atoms with Gasteiger partial charge in [-0.2, -0.15) is 13.2 Å². The third-order valence-electron chi connectivity index (χ3n) is 2.73. The van der Waals surface area contributed by atoms with E-state index in [4.69, 9.17) is 9.84 Å². The van der Waals surface area contributed by atoms with E-state index in [1.165, 1.54) is 7.11 Å². The van der Waals surface area contributed by atoms with Crippen molar-refractivity contribution in [2.24, 2.45) is 11.8 Å². The first-order chi connectivity index (χ1) is 6.99. The Labute approximate surface area is 86.8 Å². The quantitative estimate of drug-likeness (QED) is 0.768. The second-order valence-electron chi connectivity index (χ2n) is 3.85. The summed E-state index contributed by atoms with van der Waals surface area (Å²) >= 11 is 0. The predicted octanol–water partition coefficient (Wildman–Crippen LogP) is 0.735. The molecule has 0 aromatic heterocycles.